The summed E-state index contributed by atoms with van der Waals surface area (Å²) < 4.78 is 27.0. The minimum Gasteiger partial charge on any atom is -0.481 e. The summed E-state index contributed by atoms with van der Waals surface area (Å²) in [6.45, 7) is 2.13. The largest absolute Gasteiger partial charge is 0.481 e. The highest BCUT2D eigenvalue weighted by Gasteiger charge is 2.32. The summed E-state index contributed by atoms with van der Waals surface area (Å²) in [7, 11) is 1.73. The van der Waals surface area contributed by atoms with Crippen molar-refractivity contribution in [3.8, 4) is 5.75 Å². The molecular formula is C25H26FN5O5. The van der Waals surface area contributed by atoms with Crippen molar-refractivity contribution in [2.45, 2.75) is 18.8 Å². The summed E-state index contributed by atoms with van der Waals surface area (Å²) in [4.78, 5) is 38.5. The molecule has 0 saturated carbocycles. The van der Waals surface area contributed by atoms with E-state index >= 15 is 0 Å². The number of aryl methyl sites for hydroxylation is 1. The standard InChI is InChI=1S/C25H26FN5O5/c1-30-24-18(23(29-30)19-5-6-21(32)28-25(19)34)3-2-4-20(24)36-14-22(33)27-16-11-15(26)12-17(13-16)31-7-9-35-10-8-31/h2-4,11-13,19H,5-10,14H2,1H3,(H,27,33)(H,28,32,34). The lowest BCUT2D eigenvalue weighted by Gasteiger charge is -2.29. The number of anilines is 2. The Morgan fingerprint density at radius 3 is 2.83 bits per heavy atom. The van der Waals surface area contributed by atoms with E-state index in [2.05, 4.69) is 15.7 Å². The average Bonchev–Trinajstić information content (AvgIpc) is 3.19. The first-order chi connectivity index (χ1) is 17.4. The van der Waals surface area contributed by atoms with Crippen molar-refractivity contribution in [3.63, 3.8) is 0 Å². The monoisotopic (exact) mass is 495 g/mol. The van der Waals surface area contributed by atoms with Gasteiger partial charge in [-0.2, -0.15) is 5.10 Å². The van der Waals surface area contributed by atoms with E-state index in [1.165, 1.54) is 12.1 Å². The van der Waals surface area contributed by atoms with Crippen LogP contribution in [-0.4, -0.2) is 60.4 Å². The van der Waals surface area contributed by atoms with Crippen LogP contribution in [0, 0.1) is 5.82 Å². The van der Waals surface area contributed by atoms with E-state index in [-0.39, 0.29) is 24.8 Å². The topological polar surface area (TPSA) is 115 Å². The van der Waals surface area contributed by atoms with Crippen molar-refractivity contribution in [2.24, 2.45) is 7.05 Å². The Labute approximate surface area is 206 Å². The van der Waals surface area contributed by atoms with Crippen molar-refractivity contribution < 1.29 is 28.2 Å². The van der Waals surface area contributed by atoms with E-state index in [1.54, 1.807) is 29.9 Å². The van der Waals surface area contributed by atoms with Crippen molar-refractivity contribution in [3.05, 3.63) is 47.9 Å². The molecule has 3 heterocycles. The molecule has 5 rings (SSSR count). The molecule has 0 bridgehead atoms. The summed E-state index contributed by atoms with van der Waals surface area (Å²) in [5.74, 6) is -1.68. The summed E-state index contributed by atoms with van der Waals surface area (Å²) in [6, 6.07) is 9.71. The number of hydrogen-bond acceptors (Lipinski definition) is 7. The van der Waals surface area contributed by atoms with Gasteiger partial charge in [0.05, 0.1) is 24.8 Å². The molecule has 36 heavy (non-hydrogen) atoms. The zero-order valence-electron chi connectivity index (χ0n) is 19.8. The number of rotatable bonds is 6. The van der Waals surface area contributed by atoms with Crippen molar-refractivity contribution in [1.82, 2.24) is 15.1 Å². The number of fused-ring (bicyclic) bond motifs is 1. The molecule has 2 fully saturated rings. The number of carbonyl (C=O) groups is 3. The number of piperidine rings is 1. The number of benzene rings is 2. The number of hydrogen-bond donors (Lipinski definition) is 2. The molecule has 3 aromatic rings. The maximum Gasteiger partial charge on any atom is 0.262 e. The quantitative estimate of drug-likeness (QED) is 0.503. The van der Waals surface area contributed by atoms with Crippen LogP contribution >= 0.6 is 0 Å². The second kappa shape index (κ2) is 9.94. The Hall–Kier alpha value is -3.99. The molecule has 2 saturated heterocycles. The predicted octanol–water partition coefficient (Wildman–Crippen LogP) is 2.09. The Balaban J connectivity index is 1.30. The maximum absolute atomic E-state index is 14.2. The minimum atomic E-state index is -0.543. The van der Waals surface area contributed by atoms with Gasteiger partial charge >= 0.3 is 0 Å². The Kier molecular flexibility index (Phi) is 6.55. The van der Waals surface area contributed by atoms with Gasteiger partial charge in [-0.3, -0.25) is 24.4 Å². The molecule has 10 nitrogen and oxygen atoms in total. The van der Waals surface area contributed by atoms with Crippen LogP contribution in [-0.2, 0) is 26.2 Å². The summed E-state index contributed by atoms with van der Waals surface area (Å²) in [6.07, 6.45) is 0.627. The SMILES string of the molecule is Cn1nc(C2CCC(=O)NC2=O)c2cccc(OCC(=O)Nc3cc(F)cc(N4CCOCC4)c3)c21. The third-order valence-electron chi connectivity index (χ3n) is 6.33. The molecule has 2 aromatic carbocycles. The highest BCUT2D eigenvalue weighted by atomic mass is 19.1. The van der Waals surface area contributed by atoms with E-state index in [9.17, 15) is 18.8 Å². The van der Waals surface area contributed by atoms with Crippen molar-refractivity contribution >= 4 is 40.0 Å². The van der Waals surface area contributed by atoms with E-state index in [0.717, 1.165) is 0 Å². The van der Waals surface area contributed by atoms with Gasteiger partial charge in [0.15, 0.2) is 6.61 Å². The van der Waals surface area contributed by atoms with Crippen LogP contribution in [0.15, 0.2) is 36.4 Å². The molecule has 0 spiro atoms. The fourth-order valence-corrected chi connectivity index (χ4v) is 4.65. The molecule has 1 aromatic heterocycles. The lowest BCUT2D eigenvalue weighted by molar-refractivity contribution is -0.134. The molecule has 2 N–H and O–H groups in total. The lowest BCUT2D eigenvalue weighted by Crippen LogP contribution is -2.39. The fraction of sp³-hybridized carbons (Fsp3) is 0.360. The summed E-state index contributed by atoms with van der Waals surface area (Å²) in [5.41, 5.74) is 2.20. The number of morpholine rings is 1. The van der Waals surface area contributed by atoms with Gasteiger partial charge in [0, 0.05) is 43.3 Å². The first-order valence-corrected chi connectivity index (χ1v) is 11.7. The molecule has 11 heteroatoms. The normalized spacial score (nSPS) is 18.3. The van der Waals surface area contributed by atoms with Crippen LogP contribution in [0.5, 0.6) is 5.75 Å². The van der Waals surface area contributed by atoms with Crippen molar-refractivity contribution in [2.75, 3.05) is 43.1 Å². The van der Waals surface area contributed by atoms with Gasteiger partial charge in [0.1, 0.15) is 17.1 Å². The van der Waals surface area contributed by atoms with Gasteiger partial charge < -0.3 is 19.7 Å². The molecule has 1 unspecified atom stereocenters. The van der Waals surface area contributed by atoms with Crippen LogP contribution in [0.25, 0.3) is 10.9 Å². The van der Waals surface area contributed by atoms with Gasteiger partial charge in [0.25, 0.3) is 5.91 Å². The van der Waals surface area contributed by atoms with Crippen LogP contribution in [0.3, 0.4) is 0 Å². The van der Waals surface area contributed by atoms with Gasteiger partial charge in [-0.25, -0.2) is 4.39 Å². The third-order valence-corrected chi connectivity index (χ3v) is 6.33. The number of imide groups is 1. The number of carbonyl (C=O) groups excluding carboxylic acids is 3. The summed E-state index contributed by atoms with van der Waals surface area (Å²) in [5, 5.41) is 10.3. The first kappa shape index (κ1) is 23.7. The maximum atomic E-state index is 14.2. The van der Waals surface area contributed by atoms with E-state index in [4.69, 9.17) is 9.47 Å². The molecule has 188 valence electrons. The number of nitrogens with zero attached hydrogens (tertiary/aromatic N) is 3. The number of nitrogens with one attached hydrogen (secondary N) is 2. The zero-order valence-corrected chi connectivity index (χ0v) is 19.8. The minimum absolute atomic E-state index is 0.248. The predicted molar refractivity (Wildman–Crippen MR) is 129 cm³/mol. The second-order valence-corrected chi connectivity index (χ2v) is 8.80. The molecule has 1 atom stereocenters. The highest BCUT2D eigenvalue weighted by Crippen LogP contribution is 2.34. The van der Waals surface area contributed by atoms with Crippen LogP contribution in [0.2, 0.25) is 0 Å². The zero-order chi connectivity index (χ0) is 25.2. The number of amides is 3. The van der Waals surface area contributed by atoms with Gasteiger partial charge in [-0.1, -0.05) is 12.1 Å². The van der Waals surface area contributed by atoms with Gasteiger partial charge in [0.2, 0.25) is 11.8 Å². The Bertz CT molecular complexity index is 1330. The average molecular weight is 496 g/mol. The van der Waals surface area contributed by atoms with Crippen LogP contribution in [0.1, 0.15) is 24.5 Å². The molecule has 3 amide bonds. The molecule has 2 aliphatic heterocycles. The van der Waals surface area contributed by atoms with Crippen molar-refractivity contribution in [1.29, 1.82) is 0 Å². The molecule has 2 aliphatic rings. The van der Waals surface area contributed by atoms with E-state index < -0.39 is 17.6 Å². The number of aromatic nitrogens is 2. The van der Waals surface area contributed by atoms with Crippen LogP contribution < -0.4 is 20.3 Å². The highest BCUT2D eigenvalue weighted by molar-refractivity contribution is 6.03. The van der Waals surface area contributed by atoms with E-state index in [0.29, 0.717) is 66.4 Å². The van der Waals surface area contributed by atoms with Crippen LogP contribution in [0.4, 0.5) is 15.8 Å². The fourth-order valence-electron chi connectivity index (χ4n) is 4.65. The van der Waals surface area contributed by atoms with Gasteiger partial charge in [-0.05, 0) is 30.7 Å². The van der Waals surface area contributed by atoms with Gasteiger partial charge in [-0.15, -0.1) is 0 Å². The Morgan fingerprint density at radius 2 is 2.06 bits per heavy atom. The summed E-state index contributed by atoms with van der Waals surface area (Å²) >= 11 is 0. The Morgan fingerprint density at radius 1 is 1.25 bits per heavy atom. The number of ether oxygens (including phenoxy) is 2. The molecule has 0 radical (unpaired) electrons. The first-order valence-electron chi connectivity index (χ1n) is 11.7. The number of halogens is 1. The lowest BCUT2D eigenvalue weighted by atomic mass is 9.93. The third kappa shape index (κ3) is 4.87. The second-order valence-electron chi connectivity index (χ2n) is 8.80. The molecule has 0 aliphatic carbocycles. The smallest absolute Gasteiger partial charge is 0.262 e. The number of para-hydroxylation sites is 1. The van der Waals surface area contributed by atoms with E-state index in [1.807, 2.05) is 11.0 Å². The molecular weight excluding hydrogens is 469 g/mol.